The molecule has 1 heterocycles. The minimum Gasteiger partial charge on any atom is -0.489 e. The lowest BCUT2D eigenvalue weighted by molar-refractivity contribution is -0.0861. The summed E-state index contributed by atoms with van der Waals surface area (Å²) < 4.78 is 11.5. The summed E-state index contributed by atoms with van der Waals surface area (Å²) in [6.45, 7) is 10.5. The monoisotopic (exact) mass is 423 g/mol. The van der Waals surface area contributed by atoms with E-state index in [1.165, 1.54) is 0 Å². The molecule has 0 spiro atoms. The molecule has 3 rings (SSSR count). The van der Waals surface area contributed by atoms with E-state index < -0.39 is 23.3 Å². The van der Waals surface area contributed by atoms with Crippen LogP contribution in [0.3, 0.4) is 0 Å². The first-order valence-corrected chi connectivity index (χ1v) is 10.8. The normalized spacial score (nSPS) is 21.4. The maximum atomic E-state index is 13.0. The largest absolute Gasteiger partial charge is 0.489 e. The second-order valence-electron chi connectivity index (χ2n) is 9.22. The van der Waals surface area contributed by atoms with Crippen LogP contribution in [0.15, 0.2) is 72.8 Å². The highest BCUT2D eigenvalue weighted by Crippen LogP contribution is 2.43. The lowest BCUT2D eigenvalue weighted by Gasteiger charge is -2.47. The molecule has 31 heavy (non-hydrogen) atoms. The molecule has 0 bridgehead atoms. The highest BCUT2D eigenvalue weighted by molar-refractivity contribution is 5.69. The van der Waals surface area contributed by atoms with Crippen LogP contribution in [0.25, 0.3) is 0 Å². The summed E-state index contributed by atoms with van der Waals surface area (Å²) in [4.78, 5) is 14.7. The molecule has 1 aliphatic rings. The summed E-state index contributed by atoms with van der Waals surface area (Å²) in [7, 11) is 0. The molecule has 0 aromatic heterocycles. The summed E-state index contributed by atoms with van der Waals surface area (Å²) in [5, 5.41) is 11.8. The van der Waals surface area contributed by atoms with Crippen LogP contribution < -0.4 is 4.74 Å². The Morgan fingerprint density at radius 2 is 1.74 bits per heavy atom. The Balaban J connectivity index is 1.81. The number of likely N-dealkylation sites (tertiary alicyclic amines) is 1. The number of carbonyl (C=O) groups excluding carboxylic acids is 1. The maximum absolute atomic E-state index is 13.0. The van der Waals surface area contributed by atoms with Gasteiger partial charge in [0.1, 0.15) is 18.0 Å². The fourth-order valence-corrected chi connectivity index (χ4v) is 4.13. The second kappa shape index (κ2) is 9.56. The van der Waals surface area contributed by atoms with Gasteiger partial charge in [0.05, 0.1) is 11.6 Å². The molecule has 5 heteroatoms. The molecule has 2 aromatic carbocycles. The van der Waals surface area contributed by atoms with E-state index in [0.717, 1.165) is 16.9 Å². The van der Waals surface area contributed by atoms with Gasteiger partial charge < -0.3 is 14.6 Å². The van der Waals surface area contributed by atoms with Crippen LogP contribution in [0, 0.1) is 0 Å². The number of para-hydroxylation sites is 1. The van der Waals surface area contributed by atoms with Gasteiger partial charge in [-0.25, -0.2) is 4.79 Å². The third-order valence-electron chi connectivity index (χ3n) is 5.31. The molecule has 0 saturated carbocycles. The van der Waals surface area contributed by atoms with Crippen molar-refractivity contribution in [1.82, 2.24) is 4.90 Å². The molecule has 1 fully saturated rings. The summed E-state index contributed by atoms with van der Waals surface area (Å²) >= 11 is 0. The van der Waals surface area contributed by atoms with Crippen molar-refractivity contribution in [2.45, 2.75) is 57.3 Å². The molecule has 2 atom stereocenters. The summed E-state index contributed by atoms with van der Waals surface area (Å²) in [5.41, 5.74) is -0.111. The summed E-state index contributed by atoms with van der Waals surface area (Å²) in [6.07, 6.45) is 1.17. The Hall–Kier alpha value is -2.79. The Bertz CT molecular complexity index is 875. The first kappa shape index (κ1) is 22.9. The fourth-order valence-electron chi connectivity index (χ4n) is 4.13. The first-order chi connectivity index (χ1) is 14.7. The van der Waals surface area contributed by atoms with Crippen LogP contribution in [0.4, 0.5) is 4.79 Å². The molecule has 1 aliphatic heterocycles. The molecule has 2 aromatic rings. The van der Waals surface area contributed by atoms with Gasteiger partial charge in [0, 0.05) is 13.0 Å². The highest BCUT2D eigenvalue weighted by Gasteiger charge is 2.47. The van der Waals surface area contributed by atoms with Crippen molar-refractivity contribution in [2.24, 2.45) is 0 Å². The maximum Gasteiger partial charge on any atom is 0.410 e. The second-order valence-corrected chi connectivity index (χ2v) is 9.22. The van der Waals surface area contributed by atoms with Crippen molar-refractivity contribution >= 4 is 6.09 Å². The molecular formula is C26H33NO4. The average Bonchev–Trinajstić information content (AvgIpc) is 2.72. The van der Waals surface area contributed by atoms with E-state index >= 15 is 0 Å². The first-order valence-electron chi connectivity index (χ1n) is 10.8. The topological polar surface area (TPSA) is 59.0 Å². The predicted molar refractivity (Wildman–Crippen MR) is 122 cm³/mol. The van der Waals surface area contributed by atoms with Crippen LogP contribution in [0.1, 0.15) is 51.6 Å². The number of ether oxygens (including phenoxy) is 2. The van der Waals surface area contributed by atoms with Crippen LogP contribution in [-0.4, -0.2) is 40.5 Å². The van der Waals surface area contributed by atoms with Gasteiger partial charge in [-0.3, -0.25) is 4.90 Å². The lowest BCUT2D eigenvalue weighted by atomic mass is 9.77. The number of hydrogen-bond donors (Lipinski definition) is 1. The summed E-state index contributed by atoms with van der Waals surface area (Å²) in [5.74, 6) is 0.759. The van der Waals surface area contributed by atoms with E-state index in [9.17, 15) is 9.90 Å². The third kappa shape index (κ3) is 6.11. The highest BCUT2D eigenvalue weighted by atomic mass is 16.6. The quantitative estimate of drug-likeness (QED) is 0.622. The number of nitrogens with zero attached hydrogens (tertiary/aromatic N) is 1. The molecule has 0 radical (unpaired) electrons. The third-order valence-corrected chi connectivity index (χ3v) is 5.31. The number of carbonyl (C=O) groups is 1. The standard InChI is InChI=1S/C26H33NO4/c1-20(19-30-22-14-9-6-10-15-22)18-26(29)16-11-17-27(24(28)31-25(2,3)4)23(26)21-12-7-5-8-13-21/h5-10,12-15,23,29H,1,11,16-19H2,2-4H3/t23-,26+/m0/s1. The van der Waals surface area contributed by atoms with Gasteiger partial charge in [-0.15, -0.1) is 0 Å². The van der Waals surface area contributed by atoms with Gasteiger partial charge in [0.2, 0.25) is 0 Å². The molecule has 166 valence electrons. The number of rotatable bonds is 6. The van der Waals surface area contributed by atoms with Gasteiger partial charge in [-0.05, 0) is 56.9 Å². The Morgan fingerprint density at radius 1 is 1.13 bits per heavy atom. The molecule has 0 unspecified atom stereocenters. The van der Waals surface area contributed by atoms with E-state index in [0.29, 0.717) is 32.4 Å². The van der Waals surface area contributed by atoms with Crippen molar-refractivity contribution in [3.63, 3.8) is 0 Å². The molecule has 1 amide bonds. The van der Waals surface area contributed by atoms with E-state index in [2.05, 4.69) is 6.58 Å². The predicted octanol–water partition coefficient (Wildman–Crippen LogP) is 5.52. The zero-order valence-electron chi connectivity index (χ0n) is 18.7. The molecule has 1 N–H and O–H groups in total. The Kier molecular flexibility index (Phi) is 7.06. The number of amides is 1. The van der Waals surface area contributed by atoms with Gasteiger partial charge in [0.25, 0.3) is 0 Å². The van der Waals surface area contributed by atoms with Crippen molar-refractivity contribution in [1.29, 1.82) is 0 Å². The van der Waals surface area contributed by atoms with Crippen molar-refractivity contribution in [2.75, 3.05) is 13.2 Å². The molecular weight excluding hydrogens is 390 g/mol. The molecule has 0 aliphatic carbocycles. The SMILES string of the molecule is C=C(COc1ccccc1)C[C@]1(O)CCCN(C(=O)OC(C)(C)C)[C@H]1c1ccccc1. The number of aliphatic hydroxyl groups is 1. The Labute approximate surface area is 185 Å². The van der Waals surface area contributed by atoms with E-state index in [4.69, 9.17) is 9.47 Å². The van der Waals surface area contributed by atoms with Crippen molar-refractivity contribution in [3.8, 4) is 5.75 Å². The van der Waals surface area contributed by atoms with Crippen LogP contribution in [-0.2, 0) is 4.74 Å². The van der Waals surface area contributed by atoms with Gasteiger partial charge in [-0.1, -0.05) is 55.1 Å². The summed E-state index contributed by atoms with van der Waals surface area (Å²) in [6, 6.07) is 18.7. The zero-order valence-corrected chi connectivity index (χ0v) is 18.7. The minimum absolute atomic E-state index is 0.306. The number of piperidine rings is 1. The van der Waals surface area contributed by atoms with Crippen molar-refractivity contribution in [3.05, 3.63) is 78.4 Å². The smallest absolute Gasteiger partial charge is 0.410 e. The Morgan fingerprint density at radius 3 is 2.35 bits per heavy atom. The molecule has 5 nitrogen and oxygen atoms in total. The van der Waals surface area contributed by atoms with E-state index in [1.807, 2.05) is 81.4 Å². The van der Waals surface area contributed by atoms with Gasteiger partial charge >= 0.3 is 6.09 Å². The minimum atomic E-state index is -1.16. The van der Waals surface area contributed by atoms with Crippen LogP contribution >= 0.6 is 0 Å². The van der Waals surface area contributed by atoms with E-state index in [-0.39, 0.29) is 0 Å². The van der Waals surface area contributed by atoms with Crippen LogP contribution in [0.2, 0.25) is 0 Å². The van der Waals surface area contributed by atoms with E-state index in [1.54, 1.807) is 4.90 Å². The van der Waals surface area contributed by atoms with Gasteiger partial charge in [0.15, 0.2) is 0 Å². The van der Waals surface area contributed by atoms with Gasteiger partial charge in [-0.2, -0.15) is 0 Å². The lowest BCUT2D eigenvalue weighted by Crippen LogP contribution is -2.54. The molecule has 1 saturated heterocycles. The number of hydrogen-bond acceptors (Lipinski definition) is 4. The average molecular weight is 424 g/mol. The number of benzene rings is 2. The van der Waals surface area contributed by atoms with Crippen molar-refractivity contribution < 1.29 is 19.4 Å². The zero-order chi connectivity index (χ0) is 22.5. The fraction of sp³-hybridized carbons (Fsp3) is 0.423. The van der Waals surface area contributed by atoms with Crippen LogP contribution in [0.5, 0.6) is 5.75 Å².